The molecule has 2 atom stereocenters. The quantitative estimate of drug-likeness (QED) is 0.229. The molecule has 0 spiro atoms. The van der Waals surface area contributed by atoms with E-state index in [4.69, 9.17) is 52.1 Å². The second kappa shape index (κ2) is 14.1. The van der Waals surface area contributed by atoms with Gasteiger partial charge in [0, 0.05) is 11.8 Å². The molecule has 14 heteroatoms. The molecule has 0 bridgehead atoms. The van der Waals surface area contributed by atoms with E-state index in [0.717, 1.165) is 50.3 Å². The monoisotopic (exact) mass is 778 g/mol. The van der Waals surface area contributed by atoms with Gasteiger partial charge in [0.15, 0.2) is 46.0 Å². The molecule has 6 aliphatic rings. The molecule has 14 nitrogen and oxygen atoms in total. The van der Waals surface area contributed by atoms with Crippen LogP contribution >= 0.6 is 0 Å². The van der Waals surface area contributed by atoms with Crippen LogP contribution in [0.2, 0.25) is 0 Å². The number of methoxy groups -OCH3 is 5. The number of aromatic hydroxyl groups is 1. The molecule has 4 heterocycles. The minimum Gasteiger partial charge on any atom is -0.502 e. The van der Waals surface area contributed by atoms with Crippen LogP contribution in [0.25, 0.3) is 0 Å². The van der Waals surface area contributed by atoms with Crippen LogP contribution in [0.5, 0.6) is 57.5 Å². The highest BCUT2D eigenvalue weighted by molar-refractivity contribution is 5.96. The number of ether oxygens (including phenoxy) is 11. The van der Waals surface area contributed by atoms with E-state index < -0.39 is 0 Å². The first kappa shape index (κ1) is 36.0. The van der Waals surface area contributed by atoms with Crippen LogP contribution < -0.4 is 42.6 Å². The highest BCUT2D eigenvalue weighted by Gasteiger charge is 2.41. The van der Waals surface area contributed by atoms with Gasteiger partial charge in [0.05, 0.1) is 46.7 Å². The average molecular weight is 779 g/mol. The maximum atomic E-state index is 12.6. The Morgan fingerprint density at radius 1 is 0.509 bits per heavy atom. The molecule has 0 aromatic heterocycles. The van der Waals surface area contributed by atoms with Crippen molar-refractivity contribution in [1.82, 2.24) is 0 Å². The molecular weight excluding hydrogens is 740 g/mol. The van der Waals surface area contributed by atoms with Gasteiger partial charge in [-0.05, 0) is 106 Å². The fourth-order valence-corrected chi connectivity index (χ4v) is 8.50. The molecular formula is C43H38O14. The molecule has 4 aliphatic heterocycles. The summed E-state index contributed by atoms with van der Waals surface area (Å²) < 4.78 is 60.0. The first-order valence-electron chi connectivity index (χ1n) is 18.1. The molecule has 4 aromatic carbocycles. The summed E-state index contributed by atoms with van der Waals surface area (Å²) in [5, 5.41) is 10.3. The van der Waals surface area contributed by atoms with Crippen molar-refractivity contribution < 1.29 is 66.8 Å². The van der Waals surface area contributed by atoms with Gasteiger partial charge in [0.2, 0.25) is 25.1 Å². The summed E-state index contributed by atoms with van der Waals surface area (Å²) >= 11 is 0. The zero-order chi connectivity index (χ0) is 39.5. The summed E-state index contributed by atoms with van der Waals surface area (Å²) in [5.74, 6) is 3.46. The predicted octanol–water partition coefficient (Wildman–Crippen LogP) is 5.66. The summed E-state index contributed by atoms with van der Waals surface area (Å²) in [4.78, 5) is 25.2. The largest absolute Gasteiger partial charge is 0.502 e. The van der Waals surface area contributed by atoms with Crippen molar-refractivity contribution in [2.75, 3.05) is 62.3 Å². The highest BCUT2D eigenvalue weighted by atomic mass is 16.7. The number of hydrogen-bond donors (Lipinski definition) is 1. The number of carbonyl (C=O) groups excluding carboxylic acids is 2. The van der Waals surface area contributed by atoms with Gasteiger partial charge in [-0.2, -0.15) is 0 Å². The summed E-state index contributed by atoms with van der Waals surface area (Å²) in [6.07, 6.45) is 1.27. The Morgan fingerprint density at radius 2 is 0.895 bits per heavy atom. The fraction of sp³-hybridized carbons (Fsp3) is 0.302. The number of hydrogen-bond acceptors (Lipinski definition) is 14. The molecule has 0 amide bonds. The Balaban J connectivity index is 0.000000148. The number of fused-ring (bicyclic) bond motifs is 4. The topological polar surface area (TPSA) is 156 Å². The third-order valence-corrected chi connectivity index (χ3v) is 11.1. The second-order valence-corrected chi connectivity index (χ2v) is 13.9. The molecule has 4 aromatic rings. The molecule has 10 rings (SSSR count). The number of phenolic OH excluding ortho intramolecular Hbond substituents is 1. The van der Waals surface area contributed by atoms with Crippen molar-refractivity contribution >= 4 is 11.9 Å². The maximum Gasteiger partial charge on any atom is 0.335 e. The lowest BCUT2D eigenvalue weighted by atomic mass is 9.75. The van der Waals surface area contributed by atoms with Gasteiger partial charge in [-0.15, -0.1) is 0 Å². The zero-order valence-electron chi connectivity index (χ0n) is 31.8. The third-order valence-electron chi connectivity index (χ3n) is 11.1. The Labute approximate surface area is 326 Å². The van der Waals surface area contributed by atoms with Gasteiger partial charge < -0.3 is 57.2 Å². The van der Waals surface area contributed by atoms with Crippen molar-refractivity contribution in [3.05, 3.63) is 104 Å². The van der Waals surface area contributed by atoms with E-state index in [1.807, 2.05) is 36.4 Å². The van der Waals surface area contributed by atoms with Gasteiger partial charge in [0.25, 0.3) is 0 Å². The SMILES string of the molecule is COc1cc(C2C3=C(COC3=O)Cc3cc4c(cc32)OCO4)cc(OC)c1O.COc1cc(C2C3=C(COC3=O)Cc3cc4c(cc32)OCO4)cc(OC)c1OC. The highest BCUT2D eigenvalue weighted by Crippen LogP contribution is 2.52. The number of phenols is 1. The van der Waals surface area contributed by atoms with E-state index in [9.17, 15) is 14.7 Å². The van der Waals surface area contributed by atoms with Crippen LogP contribution in [0.4, 0.5) is 0 Å². The van der Waals surface area contributed by atoms with Crippen LogP contribution in [0, 0.1) is 0 Å². The van der Waals surface area contributed by atoms with E-state index in [2.05, 4.69) is 0 Å². The van der Waals surface area contributed by atoms with Crippen molar-refractivity contribution in [3.63, 3.8) is 0 Å². The molecule has 0 saturated carbocycles. The smallest absolute Gasteiger partial charge is 0.335 e. The average Bonchev–Trinajstić information content (AvgIpc) is 4.05. The maximum absolute atomic E-state index is 12.6. The fourth-order valence-electron chi connectivity index (χ4n) is 8.50. The summed E-state index contributed by atoms with van der Waals surface area (Å²) in [6.45, 7) is 0.967. The second-order valence-electron chi connectivity index (χ2n) is 13.9. The first-order valence-corrected chi connectivity index (χ1v) is 18.1. The van der Waals surface area contributed by atoms with Crippen LogP contribution in [0.3, 0.4) is 0 Å². The summed E-state index contributed by atoms with van der Waals surface area (Å²) in [6, 6.07) is 15.0. The standard InChI is InChI=1S/C22H20O7.C21H18O7/c1-24-17-6-12(7-18(25-2)21(17)26-3)19-14-8-16-15(28-10-29-16)5-11(14)4-13-9-27-22(23)20(13)19;1-24-16-5-11(6-17(25-2)20(16)22)18-13-7-15-14(27-9-28-15)4-10(13)3-12-8-26-21(23)19(12)18/h5-8,19H,4,9-10H2,1-3H3;4-7,18,22H,3,8-9H2,1-2H3. The minimum absolute atomic E-state index is 0.0846. The van der Waals surface area contributed by atoms with E-state index in [1.165, 1.54) is 14.2 Å². The van der Waals surface area contributed by atoms with E-state index in [-0.39, 0.29) is 61.2 Å². The normalized spacial score (nSPS) is 19.0. The molecule has 1 N–H and O–H groups in total. The van der Waals surface area contributed by atoms with Crippen LogP contribution in [-0.2, 0) is 31.9 Å². The van der Waals surface area contributed by atoms with Crippen LogP contribution in [0.15, 0.2) is 70.8 Å². The molecule has 0 fully saturated rings. The Morgan fingerprint density at radius 3 is 1.28 bits per heavy atom. The third kappa shape index (κ3) is 5.85. The minimum atomic E-state index is -0.383. The van der Waals surface area contributed by atoms with Crippen LogP contribution in [0.1, 0.15) is 45.2 Å². The molecule has 57 heavy (non-hydrogen) atoms. The lowest BCUT2D eigenvalue weighted by Gasteiger charge is -2.27. The van der Waals surface area contributed by atoms with Gasteiger partial charge >= 0.3 is 11.9 Å². The van der Waals surface area contributed by atoms with Crippen LogP contribution in [-0.4, -0.2) is 79.4 Å². The van der Waals surface area contributed by atoms with Gasteiger partial charge in [-0.25, -0.2) is 9.59 Å². The van der Waals surface area contributed by atoms with E-state index in [1.54, 1.807) is 33.5 Å². The zero-order valence-corrected chi connectivity index (χ0v) is 31.8. The number of rotatable bonds is 7. The number of cyclic esters (lactones) is 2. The van der Waals surface area contributed by atoms with Gasteiger partial charge in [0.1, 0.15) is 13.2 Å². The molecule has 0 saturated heterocycles. The van der Waals surface area contributed by atoms with Gasteiger partial charge in [-0.1, -0.05) is 0 Å². The Hall–Kier alpha value is -6.70. The Kier molecular flexibility index (Phi) is 8.90. The van der Waals surface area contributed by atoms with E-state index >= 15 is 0 Å². The van der Waals surface area contributed by atoms with Crippen molar-refractivity contribution in [2.45, 2.75) is 24.7 Å². The molecule has 294 valence electrons. The number of esters is 2. The van der Waals surface area contributed by atoms with Crippen molar-refractivity contribution in [1.29, 1.82) is 0 Å². The van der Waals surface area contributed by atoms with E-state index in [0.29, 0.717) is 65.1 Å². The lowest BCUT2D eigenvalue weighted by Crippen LogP contribution is -2.18. The summed E-state index contributed by atoms with van der Waals surface area (Å²) in [7, 11) is 7.65. The lowest BCUT2D eigenvalue weighted by molar-refractivity contribution is -0.137. The molecule has 0 radical (unpaired) electrons. The van der Waals surface area contributed by atoms with Gasteiger partial charge in [-0.3, -0.25) is 0 Å². The van der Waals surface area contributed by atoms with Crippen molar-refractivity contribution in [3.8, 4) is 57.5 Å². The Bertz CT molecular complexity index is 2380. The van der Waals surface area contributed by atoms with Crippen molar-refractivity contribution in [2.24, 2.45) is 0 Å². The summed E-state index contributed by atoms with van der Waals surface area (Å²) in [5.41, 5.74) is 8.92. The molecule has 2 aliphatic carbocycles. The predicted molar refractivity (Wildman–Crippen MR) is 200 cm³/mol. The number of carbonyl (C=O) groups is 2. The first-order chi connectivity index (χ1) is 27.7. The molecule has 2 unspecified atom stereocenters. The number of benzene rings is 4.